The summed E-state index contributed by atoms with van der Waals surface area (Å²) in [5, 5.41) is 0.883. The van der Waals surface area contributed by atoms with E-state index in [1.807, 2.05) is 30.3 Å². The molecule has 0 spiro atoms. The van der Waals surface area contributed by atoms with E-state index >= 15 is 0 Å². The Bertz CT molecular complexity index is 768. The minimum absolute atomic E-state index is 0.0135. The lowest BCUT2D eigenvalue weighted by Gasteiger charge is -2.21. The molecule has 0 unspecified atom stereocenters. The lowest BCUT2D eigenvalue weighted by Crippen LogP contribution is -2.41. The van der Waals surface area contributed by atoms with Gasteiger partial charge in [0.2, 0.25) is 5.91 Å². The molecule has 7 heteroatoms. The number of amides is 3. The highest BCUT2D eigenvalue weighted by Crippen LogP contribution is 2.30. The first-order valence-corrected chi connectivity index (χ1v) is 9.20. The van der Waals surface area contributed by atoms with Crippen LogP contribution in [0.5, 0.6) is 0 Å². The van der Waals surface area contributed by atoms with E-state index in [0.717, 1.165) is 21.8 Å². The predicted molar refractivity (Wildman–Crippen MR) is 90.8 cm³/mol. The molecule has 3 heterocycles. The summed E-state index contributed by atoms with van der Waals surface area (Å²) < 4.78 is 1.09. The Morgan fingerprint density at radius 2 is 2.04 bits per heavy atom. The highest BCUT2D eigenvalue weighted by Gasteiger charge is 2.40. The molecule has 23 heavy (non-hydrogen) atoms. The fourth-order valence-corrected chi connectivity index (χ4v) is 4.90. The Balaban J connectivity index is 1.52. The highest BCUT2D eigenvalue weighted by atomic mass is 32.2. The molecule has 118 valence electrons. The molecule has 2 aliphatic rings. The summed E-state index contributed by atoms with van der Waals surface area (Å²) >= 11 is 2.53. The molecule has 2 aliphatic heterocycles. The third-order valence-corrected chi connectivity index (χ3v) is 6.18. The number of likely N-dealkylation sites (tertiary alicyclic amines) is 1. The van der Waals surface area contributed by atoms with Crippen LogP contribution in [0.25, 0.3) is 10.1 Å². The average molecular weight is 346 g/mol. The molecule has 0 aliphatic carbocycles. The van der Waals surface area contributed by atoms with Gasteiger partial charge in [-0.25, -0.2) is 0 Å². The van der Waals surface area contributed by atoms with E-state index in [9.17, 15) is 14.4 Å². The zero-order chi connectivity index (χ0) is 16.0. The number of hydrogen-bond acceptors (Lipinski definition) is 5. The van der Waals surface area contributed by atoms with Crippen LogP contribution in [0.1, 0.15) is 16.1 Å². The Kier molecular flexibility index (Phi) is 3.61. The fraction of sp³-hybridized carbons (Fsp3) is 0.312. The summed E-state index contributed by atoms with van der Waals surface area (Å²) in [5.41, 5.74) is 0. The lowest BCUT2D eigenvalue weighted by atomic mass is 10.2. The van der Waals surface area contributed by atoms with Crippen molar-refractivity contribution in [1.29, 1.82) is 0 Å². The molecule has 0 saturated carbocycles. The topological polar surface area (TPSA) is 57.7 Å². The maximum Gasteiger partial charge on any atom is 0.289 e. The van der Waals surface area contributed by atoms with Crippen LogP contribution in [0.2, 0.25) is 0 Å². The smallest absolute Gasteiger partial charge is 0.289 e. The molecule has 1 aromatic heterocycles. The van der Waals surface area contributed by atoms with E-state index in [4.69, 9.17) is 0 Å². The predicted octanol–water partition coefficient (Wildman–Crippen LogP) is 2.81. The van der Waals surface area contributed by atoms with Crippen LogP contribution in [0, 0.1) is 0 Å². The molecule has 2 saturated heterocycles. The molecule has 1 atom stereocenters. The second-order valence-corrected chi connectivity index (χ2v) is 7.67. The van der Waals surface area contributed by atoms with E-state index in [2.05, 4.69) is 0 Å². The van der Waals surface area contributed by atoms with E-state index < -0.39 is 0 Å². The Morgan fingerprint density at radius 3 is 2.78 bits per heavy atom. The second-order valence-electron chi connectivity index (χ2n) is 5.66. The second kappa shape index (κ2) is 5.65. The van der Waals surface area contributed by atoms with Crippen molar-refractivity contribution in [3.8, 4) is 0 Å². The first-order chi connectivity index (χ1) is 11.1. The first kappa shape index (κ1) is 14.7. The molecular formula is C16H14N2O3S2. The maximum absolute atomic E-state index is 12.7. The normalized spacial score (nSPS) is 21.7. The van der Waals surface area contributed by atoms with E-state index in [1.165, 1.54) is 16.2 Å². The van der Waals surface area contributed by atoms with Crippen molar-refractivity contribution in [3.63, 3.8) is 0 Å². The molecule has 5 nitrogen and oxygen atoms in total. The van der Waals surface area contributed by atoms with Gasteiger partial charge in [-0.3, -0.25) is 19.3 Å². The van der Waals surface area contributed by atoms with Gasteiger partial charge in [0.1, 0.15) is 0 Å². The Morgan fingerprint density at radius 1 is 1.22 bits per heavy atom. The average Bonchev–Trinajstić information content (AvgIpc) is 3.25. The number of nitrogens with zero attached hydrogens (tertiary/aromatic N) is 2. The largest absolute Gasteiger partial charge is 0.336 e. The third kappa shape index (κ3) is 2.53. The van der Waals surface area contributed by atoms with Gasteiger partial charge in [-0.2, -0.15) is 0 Å². The van der Waals surface area contributed by atoms with Crippen LogP contribution in [0.3, 0.4) is 0 Å². The monoisotopic (exact) mass is 346 g/mol. The van der Waals surface area contributed by atoms with Crippen LogP contribution in [-0.2, 0) is 4.79 Å². The van der Waals surface area contributed by atoms with Gasteiger partial charge in [-0.1, -0.05) is 30.0 Å². The van der Waals surface area contributed by atoms with Gasteiger partial charge in [-0.15, -0.1) is 11.3 Å². The molecule has 0 bridgehead atoms. The lowest BCUT2D eigenvalue weighted by molar-refractivity contribution is -0.126. The van der Waals surface area contributed by atoms with Crippen molar-refractivity contribution in [2.45, 2.75) is 12.5 Å². The summed E-state index contributed by atoms with van der Waals surface area (Å²) in [7, 11) is 0. The zero-order valence-corrected chi connectivity index (χ0v) is 13.9. The number of carbonyl (C=O) groups excluding carboxylic acids is 3. The standard InChI is InChI=1S/C16H14N2O3S2/c19-14-9-22-16(21)18(14)11-5-6-17(8-11)15(20)13-7-10-3-1-2-4-12(10)23-13/h1-4,7,11H,5-6,8-9H2/t11-/m0/s1. The van der Waals surface area contributed by atoms with E-state index in [-0.39, 0.29) is 28.8 Å². The van der Waals surface area contributed by atoms with Crippen LogP contribution >= 0.6 is 23.1 Å². The molecule has 1 aromatic carbocycles. The van der Waals surface area contributed by atoms with Crippen molar-refractivity contribution < 1.29 is 14.4 Å². The van der Waals surface area contributed by atoms with E-state index in [1.54, 1.807) is 4.90 Å². The summed E-state index contributed by atoms with van der Waals surface area (Å²) in [4.78, 5) is 40.1. The third-order valence-electron chi connectivity index (χ3n) is 4.24. The number of fused-ring (bicyclic) bond motifs is 1. The van der Waals surface area contributed by atoms with Crippen molar-refractivity contribution in [2.75, 3.05) is 18.8 Å². The molecule has 3 amide bonds. The number of thioether (sulfide) groups is 1. The number of thiophene rings is 1. The minimum Gasteiger partial charge on any atom is -0.336 e. The van der Waals surface area contributed by atoms with Crippen molar-refractivity contribution in [3.05, 3.63) is 35.2 Å². The maximum atomic E-state index is 12.7. The fourth-order valence-electron chi connectivity index (χ4n) is 3.10. The van der Waals surface area contributed by atoms with Gasteiger partial charge in [0, 0.05) is 17.8 Å². The van der Waals surface area contributed by atoms with Crippen LogP contribution in [0.15, 0.2) is 30.3 Å². The van der Waals surface area contributed by atoms with Crippen molar-refractivity contribution >= 4 is 50.2 Å². The highest BCUT2D eigenvalue weighted by molar-refractivity contribution is 8.14. The quantitative estimate of drug-likeness (QED) is 0.839. The molecule has 4 rings (SSSR count). The molecule has 2 fully saturated rings. The van der Waals surface area contributed by atoms with Crippen LogP contribution in [0.4, 0.5) is 4.79 Å². The van der Waals surface area contributed by atoms with Gasteiger partial charge < -0.3 is 4.90 Å². The minimum atomic E-state index is -0.184. The summed E-state index contributed by atoms with van der Waals surface area (Å²) in [6.45, 7) is 1.02. The van der Waals surface area contributed by atoms with Crippen molar-refractivity contribution in [1.82, 2.24) is 9.80 Å². The van der Waals surface area contributed by atoms with Gasteiger partial charge in [0.25, 0.3) is 11.1 Å². The number of carbonyl (C=O) groups is 3. The van der Waals surface area contributed by atoms with Gasteiger partial charge in [-0.05, 0) is 23.9 Å². The first-order valence-electron chi connectivity index (χ1n) is 7.40. The van der Waals surface area contributed by atoms with Gasteiger partial charge in [0.05, 0.1) is 16.7 Å². The number of hydrogen-bond donors (Lipinski definition) is 0. The number of imide groups is 1. The summed E-state index contributed by atoms with van der Waals surface area (Å²) in [5.74, 6) is 0.0705. The van der Waals surface area contributed by atoms with Crippen molar-refractivity contribution in [2.24, 2.45) is 0 Å². The molecular weight excluding hydrogens is 332 g/mol. The molecule has 2 aromatic rings. The van der Waals surface area contributed by atoms with E-state index in [0.29, 0.717) is 24.4 Å². The van der Waals surface area contributed by atoms with Gasteiger partial charge in [0.15, 0.2) is 0 Å². The SMILES string of the molecule is O=C(c1cc2ccccc2s1)N1CC[C@H](N2C(=O)CSC2=O)C1. The number of rotatable bonds is 2. The molecule has 0 N–H and O–H groups in total. The zero-order valence-electron chi connectivity index (χ0n) is 12.2. The van der Waals surface area contributed by atoms with Crippen LogP contribution < -0.4 is 0 Å². The Labute approximate surface area is 141 Å². The van der Waals surface area contributed by atoms with Gasteiger partial charge >= 0.3 is 0 Å². The van der Waals surface area contributed by atoms with Crippen LogP contribution in [-0.4, -0.2) is 51.7 Å². The Hall–Kier alpha value is -1.86. The molecule has 0 radical (unpaired) electrons. The number of benzene rings is 1. The summed E-state index contributed by atoms with van der Waals surface area (Å²) in [6, 6.07) is 9.65. The summed E-state index contributed by atoms with van der Waals surface area (Å²) in [6.07, 6.45) is 0.661.